The zero-order valence-corrected chi connectivity index (χ0v) is 9.57. The SMILES string of the molecule is O=C(O)C1CCN(C(=O)c2cccs2)CC1. The summed E-state index contributed by atoms with van der Waals surface area (Å²) in [6, 6.07) is 3.65. The van der Waals surface area contributed by atoms with E-state index in [4.69, 9.17) is 5.11 Å². The summed E-state index contributed by atoms with van der Waals surface area (Å²) >= 11 is 1.42. The monoisotopic (exact) mass is 239 g/mol. The Kier molecular flexibility index (Phi) is 3.24. The molecule has 0 aromatic carbocycles. The van der Waals surface area contributed by atoms with Gasteiger partial charge in [-0.1, -0.05) is 6.07 Å². The molecule has 0 atom stereocenters. The third kappa shape index (κ3) is 2.24. The number of rotatable bonds is 2. The van der Waals surface area contributed by atoms with E-state index in [1.54, 1.807) is 11.0 Å². The van der Waals surface area contributed by atoms with Crippen LogP contribution < -0.4 is 0 Å². The minimum Gasteiger partial charge on any atom is -0.481 e. The Hall–Kier alpha value is -1.36. The van der Waals surface area contributed by atoms with Gasteiger partial charge in [0.25, 0.3) is 5.91 Å². The van der Waals surface area contributed by atoms with Gasteiger partial charge in [-0.05, 0) is 24.3 Å². The van der Waals surface area contributed by atoms with Gasteiger partial charge < -0.3 is 10.0 Å². The highest BCUT2D eigenvalue weighted by Gasteiger charge is 2.27. The third-order valence-corrected chi connectivity index (χ3v) is 3.72. The molecule has 1 aliphatic heterocycles. The maximum atomic E-state index is 11.9. The number of thiophene rings is 1. The van der Waals surface area contributed by atoms with Gasteiger partial charge in [-0.25, -0.2) is 0 Å². The topological polar surface area (TPSA) is 57.6 Å². The standard InChI is InChI=1S/C11H13NO3S/c13-10(9-2-1-7-16-9)12-5-3-8(4-6-12)11(14)15/h1-2,7-8H,3-6H2,(H,14,15). The van der Waals surface area contributed by atoms with Crippen LogP contribution in [-0.4, -0.2) is 35.0 Å². The molecular weight excluding hydrogens is 226 g/mol. The molecule has 1 aromatic heterocycles. The fourth-order valence-electron chi connectivity index (χ4n) is 1.89. The average Bonchev–Trinajstić information content (AvgIpc) is 2.81. The van der Waals surface area contributed by atoms with Crippen molar-refractivity contribution in [1.82, 2.24) is 4.90 Å². The molecule has 2 rings (SSSR count). The summed E-state index contributed by atoms with van der Waals surface area (Å²) in [6.45, 7) is 1.10. The summed E-state index contributed by atoms with van der Waals surface area (Å²) < 4.78 is 0. The normalized spacial score (nSPS) is 17.4. The van der Waals surface area contributed by atoms with Crippen LogP contribution in [-0.2, 0) is 4.79 Å². The first-order valence-electron chi connectivity index (χ1n) is 5.24. The van der Waals surface area contributed by atoms with Crippen molar-refractivity contribution in [2.24, 2.45) is 5.92 Å². The van der Waals surface area contributed by atoms with Crippen molar-refractivity contribution in [3.63, 3.8) is 0 Å². The molecule has 0 aliphatic carbocycles. The maximum Gasteiger partial charge on any atom is 0.306 e. The summed E-state index contributed by atoms with van der Waals surface area (Å²) in [6.07, 6.45) is 1.12. The third-order valence-electron chi connectivity index (χ3n) is 2.86. The number of amides is 1. The Morgan fingerprint density at radius 1 is 1.38 bits per heavy atom. The molecule has 5 heteroatoms. The zero-order valence-electron chi connectivity index (χ0n) is 8.76. The molecule has 1 N–H and O–H groups in total. The number of hydrogen-bond acceptors (Lipinski definition) is 3. The highest BCUT2D eigenvalue weighted by Crippen LogP contribution is 2.20. The molecule has 1 aliphatic rings. The van der Waals surface area contributed by atoms with E-state index in [9.17, 15) is 9.59 Å². The molecule has 86 valence electrons. The van der Waals surface area contributed by atoms with Crippen molar-refractivity contribution in [1.29, 1.82) is 0 Å². The van der Waals surface area contributed by atoms with E-state index in [0.29, 0.717) is 25.9 Å². The smallest absolute Gasteiger partial charge is 0.306 e. The van der Waals surface area contributed by atoms with Crippen molar-refractivity contribution in [3.05, 3.63) is 22.4 Å². The number of carbonyl (C=O) groups is 2. The first-order valence-corrected chi connectivity index (χ1v) is 6.12. The van der Waals surface area contributed by atoms with Crippen molar-refractivity contribution >= 4 is 23.2 Å². The zero-order chi connectivity index (χ0) is 11.5. The van der Waals surface area contributed by atoms with Crippen LogP contribution in [0.4, 0.5) is 0 Å². The second kappa shape index (κ2) is 4.65. The van der Waals surface area contributed by atoms with Crippen LogP contribution in [0, 0.1) is 5.92 Å². The van der Waals surface area contributed by atoms with Gasteiger partial charge in [0.1, 0.15) is 0 Å². The van der Waals surface area contributed by atoms with Crippen LogP contribution in [0.15, 0.2) is 17.5 Å². The van der Waals surface area contributed by atoms with E-state index in [-0.39, 0.29) is 11.8 Å². The Bertz CT molecular complexity index is 380. The number of nitrogens with zero attached hydrogens (tertiary/aromatic N) is 1. The Morgan fingerprint density at radius 3 is 2.56 bits per heavy atom. The number of carbonyl (C=O) groups excluding carboxylic acids is 1. The number of likely N-dealkylation sites (tertiary alicyclic amines) is 1. The van der Waals surface area contributed by atoms with E-state index in [1.807, 2.05) is 11.4 Å². The van der Waals surface area contributed by atoms with Crippen LogP contribution in [0.2, 0.25) is 0 Å². The highest BCUT2D eigenvalue weighted by molar-refractivity contribution is 7.12. The lowest BCUT2D eigenvalue weighted by Crippen LogP contribution is -2.39. The summed E-state index contributed by atoms with van der Waals surface area (Å²) in [5.74, 6) is -1.01. The van der Waals surface area contributed by atoms with Gasteiger partial charge in [-0.15, -0.1) is 11.3 Å². The van der Waals surface area contributed by atoms with E-state index in [2.05, 4.69) is 0 Å². The van der Waals surface area contributed by atoms with Gasteiger partial charge in [0, 0.05) is 13.1 Å². The minimum atomic E-state index is -0.747. The van der Waals surface area contributed by atoms with Gasteiger partial charge in [0.15, 0.2) is 0 Å². The van der Waals surface area contributed by atoms with E-state index >= 15 is 0 Å². The van der Waals surface area contributed by atoms with Crippen LogP contribution in [0.1, 0.15) is 22.5 Å². The lowest BCUT2D eigenvalue weighted by atomic mass is 9.97. The van der Waals surface area contributed by atoms with E-state index in [1.165, 1.54) is 11.3 Å². The summed E-state index contributed by atoms with van der Waals surface area (Å²) in [5, 5.41) is 10.7. The molecule has 0 unspecified atom stereocenters. The molecule has 1 amide bonds. The van der Waals surface area contributed by atoms with E-state index < -0.39 is 5.97 Å². The van der Waals surface area contributed by atoms with Crippen LogP contribution >= 0.6 is 11.3 Å². The molecule has 4 nitrogen and oxygen atoms in total. The molecule has 2 heterocycles. The van der Waals surface area contributed by atoms with Crippen molar-refractivity contribution in [2.45, 2.75) is 12.8 Å². The molecular formula is C11H13NO3S. The fourth-order valence-corrected chi connectivity index (χ4v) is 2.58. The Balaban J connectivity index is 1.94. The van der Waals surface area contributed by atoms with Gasteiger partial charge in [0.05, 0.1) is 10.8 Å². The molecule has 0 saturated carbocycles. The average molecular weight is 239 g/mol. The molecule has 0 spiro atoms. The molecule has 0 bridgehead atoms. The fraction of sp³-hybridized carbons (Fsp3) is 0.455. The Morgan fingerprint density at radius 2 is 2.06 bits per heavy atom. The quantitative estimate of drug-likeness (QED) is 0.854. The molecule has 1 fully saturated rings. The lowest BCUT2D eigenvalue weighted by molar-refractivity contribution is -0.143. The Labute approximate surface area is 97.5 Å². The van der Waals surface area contributed by atoms with Gasteiger partial charge in [0.2, 0.25) is 0 Å². The number of carboxylic acid groups (broad SMARTS) is 1. The second-order valence-corrected chi connectivity index (χ2v) is 4.83. The van der Waals surface area contributed by atoms with E-state index in [0.717, 1.165) is 4.88 Å². The lowest BCUT2D eigenvalue weighted by Gasteiger charge is -2.29. The van der Waals surface area contributed by atoms with Gasteiger partial charge in [-0.2, -0.15) is 0 Å². The molecule has 0 radical (unpaired) electrons. The maximum absolute atomic E-state index is 11.9. The van der Waals surface area contributed by atoms with Crippen molar-refractivity contribution < 1.29 is 14.7 Å². The van der Waals surface area contributed by atoms with Crippen molar-refractivity contribution in [3.8, 4) is 0 Å². The summed E-state index contributed by atoms with van der Waals surface area (Å²) in [5.41, 5.74) is 0. The first kappa shape index (κ1) is 11.1. The number of aliphatic carboxylic acids is 1. The largest absolute Gasteiger partial charge is 0.481 e. The molecule has 16 heavy (non-hydrogen) atoms. The molecule has 1 aromatic rings. The van der Waals surface area contributed by atoms with Crippen LogP contribution in [0.25, 0.3) is 0 Å². The predicted molar refractivity (Wildman–Crippen MR) is 60.6 cm³/mol. The number of hydrogen-bond donors (Lipinski definition) is 1. The molecule has 1 saturated heterocycles. The van der Waals surface area contributed by atoms with Gasteiger partial charge >= 0.3 is 5.97 Å². The summed E-state index contributed by atoms with van der Waals surface area (Å²) in [7, 11) is 0. The first-order chi connectivity index (χ1) is 7.68. The van der Waals surface area contributed by atoms with Gasteiger partial charge in [-0.3, -0.25) is 9.59 Å². The second-order valence-electron chi connectivity index (χ2n) is 3.88. The highest BCUT2D eigenvalue weighted by atomic mass is 32.1. The minimum absolute atomic E-state index is 0.0267. The number of piperidine rings is 1. The summed E-state index contributed by atoms with van der Waals surface area (Å²) in [4.78, 5) is 25.2. The number of carboxylic acids is 1. The van der Waals surface area contributed by atoms with Crippen LogP contribution in [0.3, 0.4) is 0 Å². The van der Waals surface area contributed by atoms with Crippen molar-refractivity contribution in [2.75, 3.05) is 13.1 Å². The predicted octanol–water partition coefficient (Wildman–Crippen LogP) is 1.68. The van der Waals surface area contributed by atoms with Crippen LogP contribution in [0.5, 0.6) is 0 Å².